The molecule has 1 spiro atoms. The van der Waals surface area contributed by atoms with E-state index in [1.54, 1.807) is 6.07 Å². The molecular formula is C21H14N2O9S. The van der Waals surface area contributed by atoms with Gasteiger partial charge in [-0.2, -0.15) is 8.42 Å². The first-order chi connectivity index (χ1) is 15.6. The van der Waals surface area contributed by atoms with Crippen LogP contribution in [0, 0.1) is 0 Å². The summed E-state index contributed by atoms with van der Waals surface area (Å²) in [5.41, 5.74) is -0.949. The molecule has 3 aromatic carbocycles. The minimum atomic E-state index is -4.55. The van der Waals surface area contributed by atoms with Gasteiger partial charge in [-0.25, -0.2) is 14.3 Å². The summed E-state index contributed by atoms with van der Waals surface area (Å²) in [6.45, 7) is 0. The molecule has 0 radical (unpaired) electrons. The number of nitrogens with one attached hydrogen (secondary N) is 2. The molecule has 5 rings (SSSR count). The number of benzene rings is 3. The van der Waals surface area contributed by atoms with Crippen molar-refractivity contribution in [2.75, 3.05) is 4.72 Å². The van der Waals surface area contributed by atoms with E-state index in [1.807, 2.05) is 4.72 Å². The van der Waals surface area contributed by atoms with Crippen molar-refractivity contribution in [2.24, 2.45) is 0 Å². The number of carboxylic acid groups (broad SMARTS) is 1. The standard InChI is InChI=1S/C21H14N2O9S/c24-10-4-6-12-16(8-10)31-17-9-11(25)5-7-13(17)21(12)14-2-1-3-15(18(14)19(26)32-21)22-33(29,30)23-20(27)28/h1-9,22-25H,(H,27,28). The molecular weight excluding hydrogens is 456 g/mol. The second kappa shape index (κ2) is 6.77. The number of anilines is 1. The average molecular weight is 470 g/mol. The minimum Gasteiger partial charge on any atom is -0.508 e. The lowest BCUT2D eigenvalue weighted by Crippen LogP contribution is -2.34. The van der Waals surface area contributed by atoms with Crippen LogP contribution in [0.25, 0.3) is 0 Å². The highest BCUT2D eigenvalue weighted by Gasteiger charge is 2.54. The van der Waals surface area contributed by atoms with Crippen molar-refractivity contribution in [3.8, 4) is 23.0 Å². The third kappa shape index (κ3) is 3.07. The molecule has 1 amide bonds. The minimum absolute atomic E-state index is 0.113. The van der Waals surface area contributed by atoms with Crippen molar-refractivity contribution in [2.45, 2.75) is 5.60 Å². The van der Waals surface area contributed by atoms with Gasteiger partial charge in [-0.1, -0.05) is 12.1 Å². The summed E-state index contributed by atoms with van der Waals surface area (Å²) in [4.78, 5) is 23.9. The molecule has 2 heterocycles. The Balaban J connectivity index is 1.77. The highest BCUT2D eigenvalue weighted by Crippen LogP contribution is 2.57. The number of hydrogen-bond acceptors (Lipinski definition) is 8. The van der Waals surface area contributed by atoms with E-state index in [9.17, 15) is 28.2 Å². The molecule has 0 saturated carbocycles. The van der Waals surface area contributed by atoms with Gasteiger partial charge in [0.15, 0.2) is 5.60 Å². The second-order valence-corrected chi connectivity index (χ2v) is 8.69. The Morgan fingerprint density at radius 3 is 2.09 bits per heavy atom. The summed E-state index contributed by atoms with van der Waals surface area (Å²) in [6.07, 6.45) is -1.80. The van der Waals surface area contributed by atoms with E-state index in [0.717, 1.165) is 0 Å². The zero-order valence-corrected chi connectivity index (χ0v) is 17.2. The Labute approximate surface area is 186 Å². The average Bonchev–Trinajstić information content (AvgIpc) is 3.00. The summed E-state index contributed by atoms with van der Waals surface area (Å²) < 4.78 is 39.3. The van der Waals surface area contributed by atoms with Crippen LogP contribution in [-0.4, -0.2) is 35.8 Å². The van der Waals surface area contributed by atoms with Crippen molar-refractivity contribution >= 4 is 28.0 Å². The van der Waals surface area contributed by atoms with Crippen LogP contribution in [0.3, 0.4) is 0 Å². The van der Waals surface area contributed by atoms with Crippen LogP contribution in [-0.2, 0) is 20.5 Å². The highest BCUT2D eigenvalue weighted by molar-refractivity contribution is 7.91. The van der Waals surface area contributed by atoms with Gasteiger partial charge < -0.3 is 24.8 Å². The predicted molar refractivity (Wildman–Crippen MR) is 112 cm³/mol. The summed E-state index contributed by atoms with van der Waals surface area (Å²) >= 11 is 0. The number of phenolic OH excluding ortho intramolecular Hbond substituents is 2. The first kappa shape index (κ1) is 20.5. The topological polar surface area (TPSA) is 171 Å². The summed E-state index contributed by atoms with van der Waals surface area (Å²) in [7, 11) is -4.55. The van der Waals surface area contributed by atoms with E-state index in [0.29, 0.717) is 11.1 Å². The van der Waals surface area contributed by atoms with Gasteiger partial charge in [0.2, 0.25) is 0 Å². The van der Waals surface area contributed by atoms with Crippen molar-refractivity contribution in [3.63, 3.8) is 0 Å². The first-order valence-corrected chi connectivity index (χ1v) is 10.8. The Morgan fingerprint density at radius 2 is 1.52 bits per heavy atom. The van der Waals surface area contributed by atoms with Gasteiger partial charge in [0.05, 0.1) is 11.3 Å². The normalized spacial score (nSPS) is 15.0. The lowest BCUT2D eigenvalue weighted by atomic mass is 9.77. The number of fused-ring (bicyclic) bond motifs is 6. The van der Waals surface area contributed by atoms with Gasteiger partial charge in [-0.3, -0.25) is 4.72 Å². The fourth-order valence-electron chi connectivity index (χ4n) is 4.12. The quantitative estimate of drug-likeness (QED) is 0.361. The summed E-state index contributed by atoms with van der Waals surface area (Å²) in [6, 6.07) is 12.7. The van der Waals surface area contributed by atoms with Crippen LogP contribution < -0.4 is 14.2 Å². The van der Waals surface area contributed by atoms with Crippen LogP contribution in [0.4, 0.5) is 10.5 Å². The second-order valence-electron chi connectivity index (χ2n) is 7.27. The van der Waals surface area contributed by atoms with Gasteiger partial charge in [0, 0.05) is 28.8 Å². The lowest BCUT2D eigenvalue weighted by Gasteiger charge is -2.36. The van der Waals surface area contributed by atoms with Crippen molar-refractivity contribution < 1.29 is 42.8 Å². The molecule has 3 aromatic rings. The molecule has 5 N–H and O–H groups in total. The molecule has 0 aromatic heterocycles. The third-order valence-electron chi connectivity index (χ3n) is 5.27. The smallest absolute Gasteiger partial charge is 0.419 e. The molecule has 0 fully saturated rings. The van der Waals surface area contributed by atoms with Gasteiger partial charge in [-0.15, -0.1) is 0 Å². The number of aromatic hydroxyl groups is 2. The van der Waals surface area contributed by atoms with Crippen LogP contribution in [0.5, 0.6) is 23.0 Å². The Bertz CT molecular complexity index is 1420. The van der Waals surface area contributed by atoms with Crippen LogP contribution in [0.1, 0.15) is 27.0 Å². The van der Waals surface area contributed by atoms with Crippen molar-refractivity contribution in [1.82, 2.24) is 4.72 Å². The van der Waals surface area contributed by atoms with Crippen LogP contribution >= 0.6 is 0 Å². The molecule has 2 aliphatic heterocycles. The predicted octanol–water partition coefficient (Wildman–Crippen LogP) is 2.59. The molecule has 168 valence electrons. The number of carbonyl (C=O) groups is 2. The number of amides is 1. The number of ether oxygens (including phenoxy) is 2. The zero-order valence-electron chi connectivity index (χ0n) is 16.4. The largest absolute Gasteiger partial charge is 0.508 e. The van der Waals surface area contributed by atoms with E-state index in [2.05, 4.69) is 0 Å². The fourth-order valence-corrected chi connectivity index (χ4v) is 4.86. The number of esters is 1. The van der Waals surface area contributed by atoms with E-state index >= 15 is 0 Å². The maximum absolute atomic E-state index is 13.1. The summed E-state index contributed by atoms with van der Waals surface area (Å²) in [5, 5.41) is 28.6. The van der Waals surface area contributed by atoms with Crippen molar-refractivity contribution in [3.05, 3.63) is 76.9 Å². The first-order valence-electron chi connectivity index (χ1n) is 9.36. The van der Waals surface area contributed by atoms with E-state index in [1.165, 1.54) is 53.3 Å². The Hall–Kier alpha value is -4.45. The number of hydrogen-bond donors (Lipinski definition) is 5. The van der Waals surface area contributed by atoms with Gasteiger partial charge in [-0.05, 0) is 30.3 Å². The fraction of sp³-hybridized carbons (Fsp3) is 0.0476. The van der Waals surface area contributed by atoms with Crippen LogP contribution in [0.2, 0.25) is 0 Å². The zero-order chi connectivity index (χ0) is 23.5. The molecule has 0 bridgehead atoms. The molecule has 12 heteroatoms. The maximum Gasteiger partial charge on any atom is 0.419 e. The van der Waals surface area contributed by atoms with Crippen LogP contribution in [0.15, 0.2) is 54.6 Å². The Morgan fingerprint density at radius 1 is 0.909 bits per heavy atom. The third-order valence-corrected chi connectivity index (χ3v) is 6.20. The lowest BCUT2D eigenvalue weighted by molar-refractivity contribution is 0.0224. The number of phenols is 2. The SMILES string of the molecule is O=C(O)NS(=O)(=O)Nc1cccc2c1C(=O)OC21c2ccc(O)cc2Oc2cc(O)ccc21. The van der Waals surface area contributed by atoms with E-state index in [-0.39, 0.29) is 39.8 Å². The van der Waals surface area contributed by atoms with Crippen molar-refractivity contribution in [1.29, 1.82) is 0 Å². The number of rotatable bonds is 3. The number of carbonyl (C=O) groups excluding carboxylic acids is 1. The molecule has 2 aliphatic rings. The maximum atomic E-state index is 13.1. The summed E-state index contributed by atoms with van der Waals surface area (Å²) in [5.74, 6) is -0.783. The Kier molecular flexibility index (Phi) is 4.20. The van der Waals surface area contributed by atoms with Gasteiger partial charge in [0.1, 0.15) is 23.0 Å². The van der Waals surface area contributed by atoms with E-state index in [4.69, 9.17) is 14.6 Å². The highest BCUT2D eigenvalue weighted by atomic mass is 32.2. The van der Waals surface area contributed by atoms with E-state index < -0.39 is 27.9 Å². The molecule has 0 atom stereocenters. The molecule has 33 heavy (non-hydrogen) atoms. The monoisotopic (exact) mass is 470 g/mol. The van der Waals surface area contributed by atoms with Gasteiger partial charge in [0.25, 0.3) is 0 Å². The molecule has 0 unspecified atom stereocenters. The van der Waals surface area contributed by atoms with Gasteiger partial charge >= 0.3 is 22.3 Å². The molecule has 11 nitrogen and oxygen atoms in total. The molecule has 0 aliphatic carbocycles. The molecule has 0 saturated heterocycles.